The summed E-state index contributed by atoms with van der Waals surface area (Å²) < 4.78 is 1.47. The standard InChI is InChI=1S/C11H11ClN4O/c12-8-1-3-9(4-2-8)14-11(17)7-16-6-5-10(13)15-16/h1-6H,7H2,(H2,13,15)(H,14,17). The van der Waals surface area contributed by atoms with Crippen LogP contribution in [0.1, 0.15) is 0 Å². The normalized spacial score (nSPS) is 10.2. The number of nitrogens with zero attached hydrogens (tertiary/aromatic N) is 2. The van der Waals surface area contributed by atoms with Crippen molar-refractivity contribution >= 4 is 29.0 Å². The Bertz CT molecular complexity index is 521. The van der Waals surface area contributed by atoms with Crippen LogP contribution >= 0.6 is 11.6 Å². The van der Waals surface area contributed by atoms with Crippen molar-refractivity contribution in [2.75, 3.05) is 11.1 Å². The maximum absolute atomic E-state index is 11.6. The Morgan fingerprint density at radius 1 is 1.35 bits per heavy atom. The van der Waals surface area contributed by atoms with E-state index in [1.807, 2.05) is 0 Å². The lowest BCUT2D eigenvalue weighted by molar-refractivity contribution is -0.116. The van der Waals surface area contributed by atoms with Gasteiger partial charge in [0.05, 0.1) is 0 Å². The molecule has 0 aliphatic rings. The topological polar surface area (TPSA) is 72.9 Å². The number of halogens is 1. The molecule has 1 aromatic carbocycles. The van der Waals surface area contributed by atoms with Gasteiger partial charge in [0.25, 0.3) is 0 Å². The zero-order valence-electron chi connectivity index (χ0n) is 8.93. The monoisotopic (exact) mass is 250 g/mol. The van der Waals surface area contributed by atoms with E-state index in [0.29, 0.717) is 16.5 Å². The minimum Gasteiger partial charge on any atom is -0.382 e. The van der Waals surface area contributed by atoms with Gasteiger partial charge in [-0.15, -0.1) is 0 Å². The van der Waals surface area contributed by atoms with Crippen LogP contribution < -0.4 is 11.1 Å². The number of carbonyl (C=O) groups is 1. The van der Waals surface area contributed by atoms with Gasteiger partial charge in [0, 0.05) is 16.9 Å². The molecule has 0 unspecified atom stereocenters. The molecule has 1 aromatic heterocycles. The number of amides is 1. The van der Waals surface area contributed by atoms with Crippen LogP contribution in [-0.4, -0.2) is 15.7 Å². The number of benzene rings is 1. The van der Waals surface area contributed by atoms with E-state index in [1.54, 1.807) is 36.5 Å². The smallest absolute Gasteiger partial charge is 0.246 e. The average Bonchev–Trinajstić information content (AvgIpc) is 2.67. The Hall–Kier alpha value is -2.01. The fraction of sp³-hybridized carbons (Fsp3) is 0.0909. The number of nitrogen functional groups attached to an aromatic ring is 1. The van der Waals surface area contributed by atoms with Gasteiger partial charge in [-0.1, -0.05) is 11.6 Å². The van der Waals surface area contributed by atoms with Crippen molar-refractivity contribution in [2.24, 2.45) is 0 Å². The Labute approximate surface area is 103 Å². The number of nitrogens with two attached hydrogens (primary N) is 1. The molecule has 0 aliphatic carbocycles. The molecule has 6 heteroatoms. The van der Waals surface area contributed by atoms with E-state index in [2.05, 4.69) is 10.4 Å². The van der Waals surface area contributed by atoms with E-state index < -0.39 is 0 Å². The van der Waals surface area contributed by atoms with Crippen LogP contribution in [-0.2, 0) is 11.3 Å². The summed E-state index contributed by atoms with van der Waals surface area (Å²) in [5.74, 6) is 0.222. The predicted octanol–water partition coefficient (Wildman–Crippen LogP) is 1.76. The van der Waals surface area contributed by atoms with Gasteiger partial charge in [0.1, 0.15) is 12.4 Å². The zero-order valence-corrected chi connectivity index (χ0v) is 9.69. The molecular formula is C11H11ClN4O. The minimum atomic E-state index is -0.171. The largest absolute Gasteiger partial charge is 0.382 e. The van der Waals surface area contributed by atoms with Gasteiger partial charge in [-0.05, 0) is 30.3 Å². The third-order valence-electron chi connectivity index (χ3n) is 2.09. The average molecular weight is 251 g/mol. The first-order valence-electron chi connectivity index (χ1n) is 4.98. The molecule has 0 aliphatic heterocycles. The van der Waals surface area contributed by atoms with Gasteiger partial charge >= 0.3 is 0 Å². The Morgan fingerprint density at radius 3 is 2.65 bits per heavy atom. The fourth-order valence-corrected chi connectivity index (χ4v) is 1.47. The van der Waals surface area contributed by atoms with Crippen molar-refractivity contribution in [1.29, 1.82) is 0 Å². The minimum absolute atomic E-state index is 0.125. The number of nitrogens with one attached hydrogen (secondary N) is 1. The second-order valence-electron chi connectivity index (χ2n) is 3.49. The first-order chi connectivity index (χ1) is 8.13. The highest BCUT2D eigenvalue weighted by Crippen LogP contribution is 2.13. The van der Waals surface area contributed by atoms with Crippen molar-refractivity contribution in [3.8, 4) is 0 Å². The van der Waals surface area contributed by atoms with E-state index >= 15 is 0 Å². The molecule has 17 heavy (non-hydrogen) atoms. The summed E-state index contributed by atoms with van der Waals surface area (Å²) in [6, 6.07) is 8.52. The molecule has 0 radical (unpaired) electrons. The van der Waals surface area contributed by atoms with Crippen LogP contribution in [0.3, 0.4) is 0 Å². The predicted molar refractivity (Wildman–Crippen MR) is 66.7 cm³/mol. The van der Waals surface area contributed by atoms with E-state index in [-0.39, 0.29) is 12.5 Å². The molecule has 0 fully saturated rings. The summed E-state index contributed by atoms with van der Waals surface area (Å²) >= 11 is 5.74. The highest BCUT2D eigenvalue weighted by atomic mass is 35.5. The SMILES string of the molecule is Nc1ccn(CC(=O)Nc2ccc(Cl)cc2)n1. The second-order valence-corrected chi connectivity index (χ2v) is 3.93. The maximum Gasteiger partial charge on any atom is 0.246 e. The quantitative estimate of drug-likeness (QED) is 0.872. The van der Waals surface area contributed by atoms with Gasteiger partial charge in [-0.2, -0.15) is 5.10 Å². The Kier molecular flexibility index (Phi) is 3.30. The molecule has 0 spiro atoms. The second kappa shape index (κ2) is 4.88. The van der Waals surface area contributed by atoms with Gasteiger partial charge < -0.3 is 11.1 Å². The highest BCUT2D eigenvalue weighted by molar-refractivity contribution is 6.30. The van der Waals surface area contributed by atoms with Crippen molar-refractivity contribution in [3.63, 3.8) is 0 Å². The zero-order chi connectivity index (χ0) is 12.3. The summed E-state index contributed by atoms with van der Waals surface area (Å²) in [7, 11) is 0. The van der Waals surface area contributed by atoms with Crippen LogP contribution in [0.2, 0.25) is 5.02 Å². The van der Waals surface area contributed by atoms with Gasteiger partial charge in [-0.3, -0.25) is 9.48 Å². The number of aromatic nitrogens is 2. The van der Waals surface area contributed by atoms with Crippen molar-refractivity contribution in [2.45, 2.75) is 6.54 Å². The molecule has 0 saturated heterocycles. The van der Waals surface area contributed by atoms with Crippen LogP contribution in [0.5, 0.6) is 0 Å². The molecular weight excluding hydrogens is 240 g/mol. The molecule has 3 N–H and O–H groups in total. The van der Waals surface area contributed by atoms with Gasteiger partial charge in [-0.25, -0.2) is 0 Å². The Balaban J connectivity index is 1.95. The number of rotatable bonds is 3. The maximum atomic E-state index is 11.6. The molecule has 1 heterocycles. The first-order valence-corrected chi connectivity index (χ1v) is 5.35. The number of hydrogen-bond donors (Lipinski definition) is 2. The molecule has 88 valence electrons. The molecule has 0 atom stereocenters. The summed E-state index contributed by atoms with van der Waals surface area (Å²) in [6.45, 7) is 0.125. The lowest BCUT2D eigenvalue weighted by Gasteiger charge is -2.05. The summed E-state index contributed by atoms with van der Waals surface area (Å²) in [5, 5.41) is 7.27. The number of hydrogen-bond acceptors (Lipinski definition) is 3. The van der Waals surface area contributed by atoms with E-state index in [9.17, 15) is 4.79 Å². The van der Waals surface area contributed by atoms with E-state index in [4.69, 9.17) is 17.3 Å². The number of anilines is 2. The lowest BCUT2D eigenvalue weighted by Crippen LogP contribution is -2.19. The molecule has 2 rings (SSSR count). The van der Waals surface area contributed by atoms with Gasteiger partial charge in [0.2, 0.25) is 5.91 Å². The van der Waals surface area contributed by atoms with Crippen molar-refractivity contribution in [3.05, 3.63) is 41.6 Å². The summed E-state index contributed by atoms with van der Waals surface area (Å²) in [6.07, 6.45) is 1.65. The summed E-state index contributed by atoms with van der Waals surface area (Å²) in [5.41, 5.74) is 6.14. The van der Waals surface area contributed by atoms with Crippen LogP contribution in [0.4, 0.5) is 11.5 Å². The molecule has 0 saturated carbocycles. The van der Waals surface area contributed by atoms with Gasteiger partial charge in [0.15, 0.2) is 0 Å². The Morgan fingerprint density at radius 2 is 2.06 bits per heavy atom. The molecule has 5 nitrogen and oxygen atoms in total. The van der Waals surface area contributed by atoms with Crippen LogP contribution in [0.25, 0.3) is 0 Å². The lowest BCUT2D eigenvalue weighted by atomic mass is 10.3. The first kappa shape index (κ1) is 11.5. The van der Waals surface area contributed by atoms with E-state index in [0.717, 1.165) is 0 Å². The third kappa shape index (κ3) is 3.22. The van der Waals surface area contributed by atoms with Crippen LogP contribution in [0.15, 0.2) is 36.5 Å². The van der Waals surface area contributed by atoms with Crippen molar-refractivity contribution < 1.29 is 4.79 Å². The third-order valence-corrected chi connectivity index (χ3v) is 2.35. The van der Waals surface area contributed by atoms with Crippen molar-refractivity contribution in [1.82, 2.24) is 9.78 Å². The molecule has 2 aromatic rings. The highest BCUT2D eigenvalue weighted by Gasteiger charge is 2.04. The molecule has 1 amide bonds. The fourth-order valence-electron chi connectivity index (χ4n) is 1.35. The number of carbonyl (C=O) groups excluding carboxylic acids is 1. The van der Waals surface area contributed by atoms with Crippen LogP contribution in [0, 0.1) is 0 Å². The molecule has 0 bridgehead atoms. The summed E-state index contributed by atoms with van der Waals surface area (Å²) in [4.78, 5) is 11.6. The van der Waals surface area contributed by atoms with E-state index in [1.165, 1.54) is 4.68 Å².